The highest BCUT2D eigenvalue weighted by molar-refractivity contribution is 8.13. The van der Waals surface area contributed by atoms with Crippen LogP contribution in [0.2, 0.25) is 10.0 Å². The maximum absolute atomic E-state index is 6.21. The molecule has 2 aromatic carbocycles. The Morgan fingerprint density at radius 1 is 1.09 bits per heavy atom. The summed E-state index contributed by atoms with van der Waals surface area (Å²) in [5.41, 5.74) is 5.24. The van der Waals surface area contributed by atoms with E-state index in [1.165, 1.54) is 12.8 Å². The third-order valence-electron chi connectivity index (χ3n) is 5.62. The molecule has 184 valence electrons. The van der Waals surface area contributed by atoms with E-state index in [1.54, 1.807) is 11.8 Å². The van der Waals surface area contributed by atoms with E-state index in [2.05, 4.69) is 37.4 Å². The zero-order valence-electron chi connectivity index (χ0n) is 21.0. The minimum atomic E-state index is 0.349. The van der Waals surface area contributed by atoms with E-state index in [4.69, 9.17) is 34.0 Å². The molecule has 1 aromatic heterocycles. The third-order valence-corrected chi connectivity index (χ3v) is 7.32. The lowest BCUT2D eigenvalue weighted by atomic mass is 10.1. The van der Waals surface area contributed by atoms with Gasteiger partial charge in [-0.1, -0.05) is 63.7 Å². The summed E-state index contributed by atoms with van der Waals surface area (Å²) in [4.78, 5) is 5.07. The van der Waals surface area contributed by atoms with Gasteiger partial charge in [-0.05, 0) is 68.3 Å². The summed E-state index contributed by atoms with van der Waals surface area (Å²) in [6.07, 6.45) is 3.43. The van der Waals surface area contributed by atoms with Gasteiger partial charge in [0.05, 0.1) is 10.7 Å². The second-order valence-electron chi connectivity index (χ2n) is 8.04. The Balaban J connectivity index is 0.00000199. The Morgan fingerprint density at radius 2 is 1.74 bits per heavy atom. The van der Waals surface area contributed by atoms with Gasteiger partial charge in [-0.25, -0.2) is 4.98 Å². The summed E-state index contributed by atoms with van der Waals surface area (Å²) in [6.45, 7) is 12.6. The number of thioether (sulfide) groups is 1. The van der Waals surface area contributed by atoms with Gasteiger partial charge in [0.2, 0.25) is 0 Å². The van der Waals surface area contributed by atoms with E-state index in [9.17, 15) is 0 Å². The number of benzene rings is 2. The van der Waals surface area contributed by atoms with Crippen LogP contribution in [-0.2, 0) is 5.75 Å². The first-order chi connectivity index (χ1) is 16.3. The lowest BCUT2D eigenvalue weighted by Crippen LogP contribution is -2.10. The van der Waals surface area contributed by atoms with Crippen LogP contribution in [0.4, 0.5) is 0 Å². The van der Waals surface area contributed by atoms with Gasteiger partial charge in [0.1, 0.15) is 5.82 Å². The van der Waals surface area contributed by atoms with Crippen molar-refractivity contribution >= 4 is 40.0 Å². The van der Waals surface area contributed by atoms with Crippen LogP contribution in [0.5, 0.6) is 0 Å². The van der Waals surface area contributed by atoms with E-state index in [0.717, 1.165) is 45.5 Å². The topological polar surface area (TPSA) is 56.2 Å². The highest BCUT2D eigenvalue weighted by Gasteiger charge is 2.20. The summed E-state index contributed by atoms with van der Waals surface area (Å²) >= 11 is 14.0. The number of aromatic nitrogens is 2. The highest BCUT2D eigenvalue weighted by atomic mass is 35.5. The fourth-order valence-electron chi connectivity index (χ4n) is 3.73. The van der Waals surface area contributed by atoms with Crippen LogP contribution in [0.15, 0.2) is 47.6 Å². The van der Waals surface area contributed by atoms with Crippen molar-refractivity contribution in [2.24, 2.45) is 16.9 Å². The molecule has 0 aliphatic heterocycles. The largest absolute Gasteiger partial charge is 0.323 e. The van der Waals surface area contributed by atoms with Crippen molar-refractivity contribution in [3.63, 3.8) is 0 Å². The molecule has 7 heteroatoms. The molecule has 0 saturated carbocycles. The van der Waals surface area contributed by atoms with Gasteiger partial charge in [0.15, 0.2) is 0 Å². The molecule has 2 N–H and O–H groups in total. The molecule has 0 aliphatic rings. The van der Waals surface area contributed by atoms with E-state index < -0.39 is 0 Å². The van der Waals surface area contributed by atoms with E-state index >= 15 is 0 Å². The number of hydrogen-bond donors (Lipinski definition) is 1. The van der Waals surface area contributed by atoms with Gasteiger partial charge in [-0.2, -0.15) is 5.10 Å². The summed E-state index contributed by atoms with van der Waals surface area (Å²) < 4.78 is 2.18. The zero-order valence-corrected chi connectivity index (χ0v) is 23.4. The molecule has 0 aliphatic carbocycles. The SMILES string of the molecule is CC.CCCCC(C)/C(=N/N)SCc1nc(-c2ccc(Cl)cc2C)n(-c2ccc(Cl)cc2)c1C. The van der Waals surface area contributed by atoms with E-state index in [-0.39, 0.29) is 0 Å². The Bertz CT molecular complexity index is 1090. The van der Waals surface area contributed by atoms with Gasteiger partial charge in [0.25, 0.3) is 0 Å². The smallest absolute Gasteiger partial charge is 0.145 e. The number of aryl methyl sites for hydroxylation is 1. The Kier molecular flexibility index (Phi) is 11.5. The van der Waals surface area contributed by atoms with Crippen molar-refractivity contribution in [2.75, 3.05) is 0 Å². The average molecular weight is 520 g/mol. The first kappa shape index (κ1) is 28.3. The molecule has 3 aromatic rings. The molecule has 0 spiro atoms. The van der Waals surface area contributed by atoms with E-state index in [1.807, 2.05) is 56.3 Å². The molecule has 1 heterocycles. The quantitative estimate of drug-likeness (QED) is 0.140. The second-order valence-corrected chi connectivity index (χ2v) is 9.91. The summed E-state index contributed by atoms with van der Waals surface area (Å²) in [5.74, 6) is 7.67. The lowest BCUT2D eigenvalue weighted by Gasteiger charge is -2.13. The van der Waals surface area contributed by atoms with Crippen molar-refractivity contribution in [1.29, 1.82) is 0 Å². The molecule has 34 heavy (non-hydrogen) atoms. The molecule has 1 unspecified atom stereocenters. The van der Waals surface area contributed by atoms with Crippen molar-refractivity contribution in [1.82, 2.24) is 9.55 Å². The molecule has 0 fully saturated rings. The van der Waals surface area contributed by atoms with Crippen LogP contribution in [0.3, 0.4) is 0 Å². The average Bonchev–Trinajstić information content (AvgIpc) is 3.15. The monoisotopic (exact) mass is 518 g/mol. The first-order valence-electron chi connectivity index (χ1n) is 11.9. The van der Waals surface area contributed by atoms with Crippen molar-refractivity contribution in [3.05, 3.63) is 69.5 Å². The molecular formula is C27H36Cl2N4S. The Labute approximate surface area is 219 Å². The lowest BCUT2D eigenvalue weighted by molar-refractivity contribution is 0.628. The number of rotatable bonds is 8. The fourth-order valence-corrected chi connectivity index (χ4v) is 5.12. The number of unbranched alkanes of at least 4 members (excludes halogenated alkanes) is 1. The summed E-state index contributed by atoms with van der Waals surface area (Å²) in [7, 11) is 0. The predicted molar refractivity (Wildman–Crippen MR) is 151 cm³/mol. The number of halogens is 2. The normalized spacial score (nSPS) is 12.3. The van der Waals surface area contributed by atoms with Crippen LogP contribution >= 0.6 is 35.0 Å². The Morgan fingerprint density at radius 3 is 2.32 bits per heavy atom. The summed E-state index contributed by atoms with van der Waals surface area (Å²) in [6, 6.07) is 13.7. The fraction of sp³-hybridized carbons (Fsp3) is 0.407. The molecule has 1 atom stereocenters. The highest BCUT2D eigenvalue weighted by Crippen LogP contribution is 2.32. The predicted octanol–water partition coefficient (Wildman–Crippen LogP) is 8.82. The second kappa shape index (κ2) is 13.8. The summed E-state index contributed by atoms with van der Waals surface area (Å²) in [5, 5.41) is 6.48. The number of hydrogen-bond acceptors (Lipinski definition) is 4. The van der Waals surface area contributed by atoms with Crippen LogP contribution < -0.4 is 5.84 Å². The third kappa shape index (κ3) is 7.03. The number of hydrazone groups is 1. The zero-order chi connectivity index (χ0) is 25.3. The minimum Gasteiger partial charge on any atom is -0.323 e. The van der Waals surface area contributed by atoms with Gasteiger partial charge in [-0.15, -0.1) is 11.8 Å². The van der Waals surface area contributed by atoms with Crippen LogP contribution in [0, 0.1) is 19.8 Å². The maximum Gasteiger partial charge on any atom is 0.145 e. The van der Waals surface area contributed by atoms with Crippen molar-refractivity contribution in [2.45, 2.75) is 66.6 Å². The van der Waals surface area contributed by atoms with Gasteiger partial charge < -0.3 is 5.84 Å². The molecule has 0 saturated heterocycles. The Hall–Kier alpha value is -1.95. The maximum atomic E-state index is 6.21. The number of nitrogens with two attached hydrogens (primary N) is 1. The number of imidazole rings is 1. The number of nitrogens with zero attached hydrogens (tertiary/aromatic N) is 3. The molecule has 0 amide bonds. The van der Waals surface area contributed by atoms with Crippen LogP contribution in [0.1, 0.15) is 63.9 Å². The van der Waals surface area contributed by atoms with Crippen LogP contribution in [-0.4, -0.2) is 14.6 Å². The minimum absolute atomic E-state index is 0.349. The van der Waals surface area contributed by atoms with Gasteiger partial charge in [-0.3, -0.25) is 4.57 Å². The van der Waals surface area contributed by atoms with Crippen LogP contribution in [0.25, 0.3) is 17.1 Å². The van der Waals surface area contributed by atoms with Crippen molar-refractivity contribution in [3.8, 4) is 17.1 Å². The van der Waals surface area contributed by atoms with E-state index in [0.29, 0.717) is 21.7 Å². The molecule has 0 bridgehead atoms. The molecular weight excluding hydrogens is 483 g/mol. The molecule has 4 nitrogen and oxygen atoms in total. The molecule has 0 radical (unpaired) electrons. The van der Waals surface area contributed by atoms with Crippen molar-refractivity contribution < 1.29 is 0 Å². The van der Waals surface area contributed by atoms with Gasteiger partial charge in [0, 0.05) is 38.7 Å². The first-order valence-corrected chi connectivity index (χ1v) is 13.6. The van der Waals surface area contributed by atoms with Gasteiger partial charge >= 0.3 is 0 Å². The molecule has 3 rings (SSSR count). The standard InChI is InChI=1S/C25H30Cl2N4S.C2H6/c1-5-6-7-16(2)25(30-28)32-15-23-18(4)31(21-11-8-19(26)9-12-21)24(29-23)22-13-10-20(27)14-17(22)3;1-2/h8-14,16H,5-7,15,28H2,1-4H3;1-2H3/b30-25-;.